The number of aliphatic hydroxyl groups excluding tert-OH is 2. The Morgan fingerprint density at radius 3 is 0.870 bits per heavy atom. The normalized spacial score (nSPS) is 36.9. The van der Waals surface area contributed by atoms with Gasteiger partial charge in [-0.1, -0.05) is 183 Å². The van der Waals surface area contributed by atoms with E-state index in [4.69, 9.17) is 18.9 Å². The van der Waals surface area contributed by atoms with Crippen LogP contribution in [0.5, 0.6) is 0 Å². The van der Waals surface area contributed by atoms with Crippen LogP contribution in [0, 0.1) is 90.7 Å². The van der Waals surface area contributed by atoms with E-state index in [9.17, 15) is 39.6 Å². The average Bonchev–Trinajstić information content (AvgIpc) is 0.751. The predicted octanol–water partition coefficient (Wildman–Crippen LogP) is 20.2. The number of rotatable bonds is 20. The van der Waals surface area contributed by atoms with Gasteiger partial charge in [0.15, 0.2) is 0 Å². The number of aliphatic hydroxyl groups is 4. The van der Waals surface area contributed by atoms with E-state index in [-0.39, 0.29) is 103 Å². The van der Waals surface area contributed by atoms with Crippen molar-refractivity contribution in [2.45, 2.75) is 339 Å². The topological polar surface area (TPSA) is 186 Å². The number of carbonyl (C=O) groups is 4. The van der Waals surface area contributed by atoms with E-state index >= 15 is 0 Å². The highest BCUT2D eigenvalue weighted by molar-refractivity contribution is 5.67. The molecule has 0 spiro atoms. The number of ether oxygens (including phenoxy) is 4. The summed E-state index contributed by atoms with van der Waals surface area (Å²) >= 11 is 0. The van der Waals surface area contributed by atoms with Crippen LogP contribution in [0.2, 0.25) is 0 Å². The number of fused-ring (bicyclic) bond motifs is 4. The Hall–Kier alpha value is -4.36. The average molecular weight is 1390 g/mol. The lowest BCUT2D eigenvalue weighted by Gasteiger charge is -2.60. The smallest absolute Gasteiger partial charge is 0.303 e. The van der Waals surface area contributed by atoms with Crippen molar-refractivity contribution >= 4 is 23.9 Å². The summed E-state index contributed by atoms with van der Waals surface area (Å²) in [5, 5.41) is 42.2. The monoisotopic (exact) mass is 1390 g/mol. The summed E-state index contributed by atoms with van der Waals surface area (Å²) in [6.45, 7) is 73.8. The Kier molecular flexibility index (Phi) is 28.1. The molecule has 8 aliphatic carbocycles. The molecule has 8 rings (SSSR count). The number of esters is 4. The zero-order valence-electron chi connectivity index (χ0n) is 66.9. The van der Waals surface area contributed by atoms with Crippen LogP contribution in [0.25, 0.3) is 0 Å². The van der Waals surface area contributed by atoms with Crippen molar-refractivity contribution in [1.29, 1.82) is 0 Å². The van der Waals surface area contributed by atoms with Gasteiger partial charge in [0.05, 0.1) is 23.4 Å². The van der Waals surface area contributed by atoms with Gasteiger partial charge in [-0.05, 0) is 234 Å². The third-order valence-electron chi connectivity index (χ3n) is 27.8. The molecule has 12 heteroatoms. The lowest BCUT2D eigenvalue weighted by atomic mass is 9.46. The van der Waals surface area contributed by atoms with Gasteiger partial charge in [0.25, 0.3) is 0 Å². The maximum Gasteiger partial charge on any atom is 0.303 e. The van der Waals surface area contributed by atoms with E-state index in [0.29, 0.717) is 74.0 Å². The largest absolute Gasteiger partial charge is 0.462 e. The van der Waals surface area contributed by atoms with Crippen LogP contribution in [0.15, 0.2) is 99.2 Å². The van der Waals surface area contributed by atoms with Gasteiger partial charge in [-0.15, -0.1) is 13.2 Å². The number of hydrogen-bond donors (Lipinski definition) is 4. The van der Waals surface area contributed by atoms with Crippen molar-refractivity contribution in [3.05, 3.63) is 99.2 Å². The summed E-state index contributed by atoms with van der Waals surface area (Å²) in [7, 11) is 0. The van der Waals surface area contributed by atoms with Crippen LogP contribution in [0.1, 0.15) is 293 Å². The molecule has 4 N–H and O–H groups in total. The summed E-state index contributed by atoms with van der Waals surface area (Å²) in [5.74, 6) is 1.61. The first kappa shape index (κ1) is 86.3. The minimum Gasteiger partial charge on any atom is -0.462 e. The fourth-order valence-electron chi connectivity index (χ4n) is 23.6. The first-order chi connectivity index (χ1) is 45.8. The van der Waals surface area contributed by atoms with Gasteiger partial charge in [0.2, 0.25) is 0 Å². The second-order valence-corrected chi connectivity index (χ2v) is 37.9. The standard InChI is InChI=1S/C24H38O4.2C22H36O3.C20H34O2/c1-9-23(7,28-18(4)26)14-11-19-16(2)15-20(27-17(3)25)21-22(5,6)12-10-13-24(19,21)8;1-8-21(6,24)13-10-17-15(2)14-18(25-16(3)23)19-20(4,5)11-9-12-22(17,19)7;1-8-21(6,25-16(3)23)13-10-17-15(2)14-18(24)19-20(4,5)11-9-12-22(17,19)7;1-7-19(5,22)12-9-15-14(2)13-16(21)17-18(3,4)10-8-11-20(15,17)6/h9,19-21H,1-2,10-15H2,3-8H3;2*8,17-19,24H,1-2,9-14H2,3-7H3;7,15-17,21-22H,1-2,8-13H2,3-6H3/t19-,20-,21-,23+,24+;2*17-,18-,19-,21+,22+;15-,16-,17-,19+,20+/m0000/s1. The van der Waals surface area contributed by atoms with E-state index < -0.39 is 22.4 Å². The van der Waals surface area contributed by atoms with Crippen molar-refractivity contribution in [1.82, 2.24) is 0 Å². The second kappa shape index (κ2) is 32.6. The Labute approximate surface area is 608 Å². The van der Waals surface area contributed by atoms with Gasteiger partial charge in [-0.25, -0.2) is 0 Å². The molecule has 0 aliphatic heterocycles. The lowest BCUT2D eigenvalue weighted by molar-refractivity contribution is -0.172. The molecular formula is C88H144O12. The van der Waals surface area contributed by atoms with Crippen LogP contribution in [0.3, 0.4) is 0 Å². The molecule has 0 heterocycles. The van der Waals surface area contributed by atoms with Crippen molar-refractivity contribution in [2.24, 2.45) is 90.7 Å². The van der Waals surface area contributed by atoms with E-state index in [2.05, 4.69) is 136 Å². The Bertz CT molecular complexity index is 2970. The van der Waals surface area contributed by atoms with Crippen LogP contribution in [0.4, 0.5) is 0 Å². The van der Waals surface area contributed by atoms with Gasteiger partial charge in [-0.3, -0.25) is 19.2 Å². The lowest BCUT2D eigenvalue weighted by Crippen LogP contribution is -2.56. The van der Waals surface area contributed by atoms with Gasteiger partial charge >= 0.3 is 23.9 Å². The highest BCUT2D eigenvalue weighted by Gasteiger charge is 2.62. The summed E-state index contributed by atoms with van der Waals surface area (Å²) in [6, 6.07) is 0. The maximum absolute atomic E-state index is 11.8. The van der Waals surface area contributed by atoms with E-state index in [1.54, 1.807) is 24.3 Å². The van der Waals surface area contributed by atoms with Crippen molar-refractivity contribution < 1.29 is 58.6 Å². The summed E-state index contributed by atoms with van der Waals surface area (Å²) in [4.78, 5) is 46.4. The maximum atomic E-state index is 11.8. The highest BCUT2D eigenvalue weighted by atomic mass is 16.6. The molecule has 8 saturated carbocycles. The third-order valence-corrected chi connectivity index (χ3v) is 27.8. The minimum absolute atomic E-state index is 0.00943. The molecule has 0 aromatic rings. The highest BCUT2D eigenvalue weighted by Crippen LogP contribution is 2.67. The quantitative estimate of drug-likeness (QED) is 0.0514. The molecule has 568 valence electrons. The second-order valence-electron chi connectivity index (χ2n) is 37.9. The third kappa shape index (κ3) is 19.8. The summed E-state index contributed by atoms with van der Waals surface area (Å²) < 4.78 is 22.6. The Balaban J connectivity index is 0.000000241. The molecule has 0 bridgehead atoms. The van der Waals surface area contributed by atoms with Crippen molar-refractivity contribution in [3.63, 3.8) is 0 Å². The van der Waals surface area contributed by atoms with Crippen LogP contribution in [-0.2, 0) is 38.1 Å². The van der Waals surface area contributed by atoms with Crippen molar-refractivity contribution in [3.8, 4) is 0 Å². The molecule has 12 nitrogen and oxygen atoms in total. The zero-order valence-corrected chi connectivity index (χ0v) is 66.9. The fraction of sp³-hybridized carbons (Fsp3) is 0.773. The molecule has 100 heavy (non-hydrogen) atoms. The van der Waals surface area contributed by atoms with Gasteiger partial charge < -0.3 is 39.4 Å². The van der Waals surface area contributed by atoms with Crippen molar-refractivity contribution in [2.75, 3.05) is 0 Å². The Morgan fingerprint density at radius 2 is 0.630 bits per heavy atom. The Morgan fingerprint density at radius 1 is 0.390 bits per heavy atom. The van der Waals surface area contributed by atoms with E-state index in [1.165, 1.54) is 77.4 Å². The van der Waals surface area contributed by atoms with Gasteiger partial charge in [0.1, 0.15) is 23.4 Å². The molecule has 0 saturated heterocycles. The first-order valence-electron chi connectivity index (χ1n) is 38.6. The molecular weight excluding hydrogens is 1250 g/mol. The van der Waals surface area contributed by atoms with Crippen LogP contribution < -0.4 is 0 Å². The van der Waals surface area contributed by atoms with Gasteiger partial charge in [0, 0.05) is 52.4 Å². The van der Waals surface area contributed by atoms with Crippen LogP contribution in [-0.4, -0.2) is 91.1 Å². The molecule has 0 aromatic heterocycles. The molecule has 8 fully saturated rings. The number of carbonyl (C=O) groups excluding carboxylic acids is 4. The first-order valence-corrected chi connectivity index (χ1v) is 38.6. The zero-order chi connectivity index (χ0) is 76.2. The fourth-order valence-corrected chi connectivity index (χ4v) is 23.6. The number of hydrogen-bond acceptors (Lipinski definition) is 12. The SMILES string of the molecule is C=C[C@@](C)(O)CC[C@H]1C(=C)C[C@H](O)[C@H]2C(C)(C)CCC[C@]12C.C=C[C@@](C)(O)CC[C@H]1C(=C)C[C@H](OC(C)=O)[C@H]2C(C)(C)CCC[C@]12C.C=C[C@](C)(CC[C@H]1C(=C)C[C@H](O)[C@H]2C(C)(C)CCC[C@]12C)OC(C)=O.C=C[C@](C)(CC[C@H]1C(=C)C[C@H](OC(C)=O)[C@H]2C(C)(C)CCC[C@]12C)OC(C)=O. The van der Waals surface area contributed by atoms with E-state index in [0.717, 1.165) is 88.2 Å². The molecule has 8 aliphatic rings. The molecule has 0 amide bonds. The van der Waals surface area contributed by atoms with E-state index in [1.807, 2.05) is 27.7 Å². The minimum atomic E-state index is -0.844. The predicted molar refractivity (Wildman–Crippen MR) is 408 cm³/mol. The molecule has 0 unspecified atom stereocenters. The van der Waals surface area contributed by atoms with Crippen LogP contribution >= 0.6 is 0 Å². The molecule has 0 aromatic carbocycles. The van der Waals surface area contributed by atoms with Gasteiger partial charge in [-0.2, -0.15) is 0 Å². The molecule has 20 atom stereocenters. The summed E-state index contributed by atoms with van der Waals surface area (Å²) in [6.07, 6.45) is 29.2. The molecule has 0 radical (unpaired) electrons. The summed E-state index contributed by atoms with van der Waals surface area (Å²) in [5.41, 5.74) is 2.42.